The zero-order chi connectivity index (χ0) is 9.56. The first kappa shape index (κ1) is 10.8. The third-order valence-corrected chi connectivity index (χ3v) is 1.37. The van der Waals surface area contributed by atoms with Gasteiger partial charge in [-0.2, -0.15) is 0 Å². The van der Waals surface area contributed by atoms with E-state index < -0.39 is 12.0 Å². The highest BCUT2D eigenvalue weighted by atomic mass is 16.4. The van der Waals surface area contributed by atoms with Crippen molar-refractivity contribution < 1.29 is 9.90 Å². The Hall–Kier alpha value is -1.22. The second kappa shape index (κ2) is 5.43. The van der Waals surface area contributed by atoms with Gasteiger partial charge in [-0.3, -0.25) is 4.79 Å². The largest absolute Gasteiger partial charge is 0.481 e. The molecule has 0 saturated carbocycles. The van der Waals surface area contributed by atoms with Gasteiger partial charge in [-0.05, 0) is 17.9 Å². The lowest BCUT2D eigenvalue weighted by Crippen LogP contribution is -2.12. The maximum atomic E-state index is 10.3. The highest BCUT2D eigenvalue weighted by Gasteiger charge is 2.12. The summed E-state index contributed by atoms with van der Waals surface area (Å²) in [7, 11) is 0. The van der Waals surface area contributed by atoms with E-state index in [-0.39, 0.29) is 6.42 Å². The van der Waals surface area contributed by atoms with Crippen LogP contribution >= 0.6 is 0 Å². The normalized spacial score (nSPS) is 12.2. The van der Waals surface area contributed by atoms with E-state index in [0.29, 0.717) is 12.3 Å². The van der Waals surface area contributed by atoms with E-state index >= 15 is 0 Å². The second-order valence-electron chi connectivity index (χ2n) is 3.09. The molecule has 5 nitrogen and oxygen atoms in total. The highest BCUT2D eigenvalue weighted by molar-refractivity contribution is 5.67. The third-order valence-electron chi connectivity index (χ3n) is 1.37. The van der Waals surface area contributed by atoms with Gasteiger partial charge in [-0.1, -0.05) is 19.0 Å². The summed E-state index contributed by atoms with van der Waals surface area (Å²) in [6.45, 7) is 3.92. The Bertz CT molecular complexity index is 197. The van der Waals surface area contributed by atoms with Crippen LogP contribution in [0.25, 0.3) is 10.4 Å². The van der Waals surface area contributed by atoms with Crippen molar-refractivity contribution in [1.29, 1.82) is 0 Å². The van der Waals surface area contributed by atoms with Crippen LogP contribution in [0, 0.1) is 5.92 Å². The van der Waals surface area contributed by atoms with Crippen LogP contribution in [0.1, 0.15) is 26.7 Å². The smallest absolute Gasteiger partial charge is 0.303 e. The van der Waals surface area contributed by atoms with Crippen molar-refractivity contribution in [2.75, 3.05) is 0 Å². The van der Waals surface area contributed by atoms with Crippen LogP contribution in [-0.2, 0) is 4.79 Å². The predicted molar refractivity (Wildman–Crippen MR) is 44.6 cm³/mol. The van der Waals surface area contributed by atoms with Crippen LogP contribution in [0.15, 0.2) is 5.11 Å². The number of hydrogen-bond donors (Lipinski definition) is 1. The van der Waals surface area contributed by atoms with Gasteiger partial charge in [0.2, 0.25) is 0 Å². The zero-order valence-corrected chi connectivity index (χ0v) is 7.27. The Morgan fingerprint density at radius 2 is 2.25 bits per heavy atom. The Balaban J connectivity index is 4.03. The van der Waals surface area contributed by atoms with Gasteiger partial charge in [0, 0.05) is 11.0 Å². The lowest BCUT2D eigenvalue weighted by molar-refractivity contribution is -0.137. The van der Waals surface area contributed by atoms with Gasteiger partial charge in [0.25, 0.3) is 0 Å². The standard InChI is InChI=1S/C7H13N3O2/c1-5(2)3-6(9-10-8)4-7(11)12/h5-6H,3-4H2,1-2H3,(H,11,12)/t6-/m0/s1. The summed E-state index contributed by atoms with van der Waals surface area (Å²) in [5.41, 5.74) is 8.13. The van der Waals surface area contributed by atoms with E-state index in [9.17, 15) is 4.79 Å². The molecule has 0 unspecified atom stereocenters. The van der Waals surface area contributed by atoms with Gasteiger partial charge in [0.15, 0.2) is 0 Å². The molecule has 0 aromatic carbocycles. The van der Waals surface area contributed by atoms with Gasteiger partial charge in [0.1, 0.15) is 0 Å². The second-order valence-corrected chi connectivity index (χ2v) is 3.09. The van der Waals surface area contributed by atoms with Gasteiger partial charge in [0.05, 0.1) is 6.42 Å². The predicted octanol–water partition coefficient (Wildman–Crippen LogP) is 2.19. The lowest BCUT2D eigenvalue weighted by atomic mass is 10.0. The van der Waals surface area contributed by atoms with Gasteiger partial charge in [-0.15, -0.1) is 0 Å². The summed E-state index contributed by atoms with van der Waals surface area (Å²) in [6, 6.07) is -0.410. The molecule has 1 atom stereocenters. The summed E-state index contributed by atoms with van der Waals surface area (Å²) in [6.07, 6.45) is 0.540. The van der Waals surface area contributed by atoms with E-state index in [1.165, 1.54) is 0 Å². The van der Waals surface area contributed by atoms with Crippen LogP contribution in [-0.4, -0.2) is 17.1 Å². The average Bonchev–Trinajstić information content (AvgIpc) is 1.84. The van der Waals surface area contributed by atoms with Crippen LogP contribution in [0.4, 0.5) is 0 Å². The Kier molecular flexibility index (Phi) is 4.88. The molecule has 0 aliphatic carbocycles. The monoisotopic (exact) mass is 171 g/mol. The van der Waals surface area contributed by atoms with E-state index in [0.717, 1.165) is 0 Å². The molecule has 0 rings (SSSR count). The van der Waals surface area contributed by atoms with Gasteiger partial charge in [-0.25, -0.2) is 0 Å². The Morgan fingerprint density at radius 1 is 1.67 bits per heavy atom. The molecule has 0 aliphatic rings. The van der Waals surface area contributed by atoms with Crippen LogP contribution < -0.4 is 0 Å². The number of nitrogens with zero attached hydrogens (tertiary/aromatic N) is 3. The van der Waals surface area contributed by atoms with E-state index in [4.69, 9.17) is 10.6 Å². The SMILES string of the molecule is CC(C)C[C@@H](CC(=O)O)N=[N+]=[N-]. The van der Waals surface area contributed by atoms with Crippen molar-refractivity contribution in [3.05, 3.63) is 10.4 Å². The van der Waals surface area contributed by atoms with Crippen LogP contribution in [0.3, 0.4) is 0 Å². The minimum absolute atomic E-state index is 0.0811. The van der Waals surface area contributed by atoms with Crippen molar-refractivity contribution >= 4 is 5.97 Å². The Labute approximate surface area is 71.0 Å². The summed E-state index contributed by atoms with van der Waals surface area (Å²) >= 11 is 0. The molecule has 5 heteroatoms. The van der Waals surface area contributed by atoms with Crippen molar-refractivity contribution in [3.63, 3.8) is 0 Å². The maximum absolute atomic E-state index is 10.3. The molecular formula is C7H13N3O2. The number of carbonyl (C=O) groups is 1. The minimum atomic E-state index is -0.923. The number of carboxylic acid groups (broad SMARTS) is 1. The number of azide groups is 1. The average molecular weight is 171 g/mol. The number of aliphatic carboxylic acids is 1. The third kappa shape index (κ3) is 5.56. The quantitative estimate of drug-likeness (QED) is 0.390. The summed E-state index contributed by atoms with van der Waals surface area (Å²) in [5.74, 6) is -0.576. The van der Waals surface area contributed by atoms with Crippen molar-refractivity contribution in [3.8, 4) is 0 Å². The summed E-state index contributed by atoms with van der Waals surface area (Å²) in [4.78, 5) is 12.9. The fourth-order valence-corrected chi connectivity index (χ4v) is 0.990. The highest BCUT2D eigenvalue weighted by Crippen LogP contribution is 2.11. The van der Waals surface area contributed by atoms with E-state index in [2.05, 4.69) is 10.0 Å². The minimum Gasteiger partial charge on any atom is -0.481 e. The molecule has 0 radical (unpaired) electrons. The van der Waals surface area contributed by atoms with Crippen LogP contribution in [0.5, 0.6) is 0 Å². The molecule has 0 amide bonds. The fourth-order valence-electron chi connectivity index (χ4n) is 0.990. The summed E-state index contributed by atoms with van der Waals surface area (Å²) < 4.78 is 0. The van der Waals surface area contributed by atoms with Gasteiger partial charge < -0.3 is 5.11 Å². The lowest BCUT2D eigenvalue weighted by Gasteiger charge is -2.09. The zero-order valence-electron chi connectivity index (χ0n) is 7.27. The molecular weight excluding hydrogens is 158 g/mol. The van der Waals surface area contributed by atoms with Crippen molar-refractivity contribution in [1.82, 2.24) is 0 Å². The van der Waals surface area contributed by atoms with Crippen molar-refractivity contribution in [2.45, 2.75) is 32.7 Å². The molecule has 0 aromatic rings. The molecule has 0 aliphatic heterocycles. The topological polar surface area (TPSA) is 86.1 Å². The number of carboxylic acids is 1. The number of hydrogen-bond acceptors (Lipinski definition) is 2. The van der Waals surface area contributed by atoms with Crippen LogP contribution in [0.2, 0.25) is 0 Å². The fraction of sp³-hybridized carbons (Fsp3) is 0.857. The maximum Gasteiger partial charge on any atom is 0.303 e. The van der Waals surface area contributed by atoms with Crippen molar-refractivity contribution in [2.24, 2.45) is 11.0 Å². The molecule has 12 heavy (non-hydrogen) atoms. The first-order chi connectivity index (χ1) is 5.56. The molecule has 68 valence electrons. The molecule has 0 bridgehead atoms. The first-order valence-corrected chi connectivity index (χ1v) is 3.82. The molecule has 1 N–H and O–H groups in total. The van der Waals surface area contributed by atoms with E-state index in [1.54, 1.807) is 0 Å². The number of rotatable bonds is 5. The van der Waals surface area contributed by atoms with E-state index in [1.807, 2.05) is 13.8 Å². The first-order valence-electron chi connectivity index (χ1n) is 3.82. The molecule has 0 fully saturated rings. The van der Waals surface area contributed by atoms with Gasteiger partial charge >= 0.3 is 5.97 Å². The summed E-state index contributed by atoms with van der Waals surface area (Å²) in [5, 5.41) is 11.8. The molecule has 0 aromatic heterocycles. The molecule has 0 saturated heterocycles. The molecule has 0 spiro atoms. The Morgan fingerprint density at radius 3 is 2.58 bits per heavy atom. The molecule has 0 heterocycles.